The molecule has 0 bridgehead atoms. The molecule has 20 heavy (non-hydrogen) atoms. The number of aromatic amines is 1. The van der Waals surface area contributed by atoms with Crippen LogP contribution in [0.25, 0.3) is 11.3 Å². The summed E-state index contributed by atoms with van der Waals surface area (Å²) in [5, 5.41) is 3.46. The minimum absolute atomic E-state index is 0.393. The van der Waals surface area contributed by atoms with E-state index in [-0.39, 0.29) is 0 Å². The Morgan fingerprint density at radius 1 is 1.30 bits per heavy atom. The molecule has 2 N–H and O–H groups in total. The zero-order valence-corrected chi connectivity index (χ0v) is 11.9. The molecule has 1 aliphatic rings. The first-order chi connectivity index (χ1) is 9.86. The van der Waals surface area contributed by atoms with Gasteiger partial charge in [0, 0.05) is 7.11 Å². The number of rotatable bonds is 5. The Kier molecular flexibility index (Phi) is 4.14. The van der Waals surface area contributed by atoms with E-state index in [1.807, 2.05) is 6.20 Å². The molecule has 106 valence electrons. The van der Waals surface area contributed by atoms with Crippen molar-refractivity contribution < 1.29 is 4.74 Å². The van der Waals surface area contributed by atoms with Crippen LogP contribution in [0.5, 0.6) is 0 Å². The first kappa shape index (κ1) is 13.3. The van der Waals surface area contributed by atoms with Gasteiger partial charge in [0.2, 0.25) is 0 Å². The Morgan fingerprint density at radius 3 is 2.85 bits per heavy atom. The van der Waals surface area contributed by atoms with E-state index in [9.17, 15) is 0 Å². The molecule has 1 saturated heterocycles. The molecule has 0 saturated carbocycles. The number of benzene rings is 1. The van der Waals surface area contributed by atoms with Crippen molar-refractivity contribution in [1.29, 1.82) is 0 Å². The second-order valence-electron chi connectivity index (χ2n) is 5.27. The predicted octanol–water partition coefficient (Wildman–Crippen LogP) is 2.69. The molecule has 1 aromatic heterocycles. The molecule has 1 fully saturated rings. The monoisotopic (exact) mass is 271 g/mol. The molecular weight excluding hydrogens is 250 g/mol. The van der Waals surface area contributed by atoms with Gasteiger partial charge in [0.15, 0.2) is 0 Å². The van der Waals surface area contributed by atoms with Crippen LogP contribution in [-0.2, 0) is 11.2 Å². The van der Waals surface area contributed by atoms with Gasteiger partial charge >= 0.3 is 0 Å². The van der Waals surface area contributed by atoms with Gasteiger partial charge in [-0.05, 0) is 36.9 Å². The summed E-state index contributed by atoms with van der Waals surface area (Å²) >= 11 is 0. The molecule has 0 radical (unpaired) electrons. The van der Waals surface area contributed by atoms with E-state index in [0.717, 1.165) is 31.1 Å². The second kappa shape index (κ2) is 6.20. The van der Waals surface area contributed by atoms with E-state index in [1.54, 1.807) is 7.11 Å². The maximum Gasteiger partial charge on any atom is 0.123 e. The fraction of sp³-hybridized carbons (Fsp3) is 0.438. The van der Waals surface area contributed by atoms with Gasteiger partial charge in [-0.2, -0.15) is 0 Å². The summed E-state index contributed by atoms with van der Waals surface area (Å²) in [6.07, 6.45) is 5.29. The smallest absolute Gasteiger partial charge is 0.123 e. The number of hydrogen-bond donors (Lipinski definition) is 2. The van der Waals surface area contributed by atoms with Gasteiger partial charge < -0.3 is 15.0 Å². The molecule has 4 nitrogen and oxygen atoms in total. The fourth-order valence-corrected chi connectivity index (χ4v) is 2.65. The summed E-state index contributed by atoms with van der Waals surface area (Å²) in [7, 11) is 1.73. The first-order valence-electron chi connectivity index (χ1n) is 7.23. The molecular formula is C16H21N3O. The average Bonchev–Trinajstić information content (AvgIpc) is 3.16. The molecule has 4 heteroatoms. The molecule has 1 aliphatic heterocycles. The average molecular weight is 271 g/mol. The van der Waals surface area contributed by atoms with Crippen LogP contribution >= 0.6 is 0 Å². The lowest BCUT2D eigenvalue weighted by Crippen LogP contribution is -2.14. The zero-order valence-electron chi connectivity index (χ0n) is 11.9. The first-order valence-corrected chi connectivity index (χ1v) is 7.23. The number of H-pyrrole nitrogens is 1. The van der Waals surface area contributed by atoms with E-state index >= 15 is 0 Å². The number of aromatic nitrogens is 2. The Bertz CT molecular complexity index is 541. The SMILES string of the molecule is COCCc1ccc(-c2cnc(C3CCCN3)[nH]2)cc1. The summed E-state index contributed by atoms with van der Waals surface area (Å²) < 4.78 is 5.10. The summed E-state index contributed by atoms with van der Waals surface area (Å²) in [5.41, 5.74) is 3.57. The van der Waals surface area contributed by atoms with Crippen LogP contribution in [0.15, 0.2) is 30.5 Å². The van der Waals surface area contributed by atoms with Crippen LogP contribution < -0.4 is 5.32 Å². The maximum absolute atomic E-state index is 5.10. The second-order valence-corrected chi connectivity index (χ2v) is 5.27. The molecule has 0 amide bonds. The molecule has 3 rings (SSSR count). The third-order valence-electron chi connectivity index (χ3n) is 3.85. The Labute approximate surface area is 119 Å². The van der Waals surface area contributed by atoms with Gasteiger partial charge in [0.1, 0.15) is 5.82 Å². The summed E-state index contributed by atoms with van der Waals surface area (Å²) in [6.45, 7) is 1.86. The third-order valence-corrected chi connectivity index (χ3v) is 3.85. The topological polar surface area (TPSA) is 49.9 Å². The van der Waals surface area contributed by atoms with Gasteiger partial charge in [-0.15, -0.1) is 0 Å². The maximum atomic E-state index is 5.10. The van der Waals surface area contributed by atoms with Gasteiger partial charge in [-0.25, -0.2) is 4.98 Å². The standard InChI is InChI=1S/C16H21N3O/c1-20-10-8-12-4-6-13(7-5-12)15-11-18-16(19-15)14-3-2-9-17-14/h4-7,11,14,17H,2-3,8-10H2,1H3,(H,18,19). The number of nitrogens with one attached hydrogen (secondary N) is 2. The lowest BCUT2D eigenvalue weighted by Gasteiger charge is -2.06. The highest BCUT2D eigenvalue weighted by molar-refractivity contribution is 5.58. The largest absolute Gasteiger partial charge is 0.384 e. The van der Waals surface area contributed by atoms with Crippen LogP contribution in [-0.4, -0.2) is 30.2 Å². The normalized spacial score (nSPS) is 18.6. The highest BCUT2D eigenvalue weighted by Crippen LogP contribution is 2.24. The Hall–Kier alpha value is -1.65. The molecule has 1 unspecified atom stereocenters. The number of ether oxygens (including phenoxy) is 1. The van der Waals surface area contributed by atoms with Crippen molar-refractivity contribution in [1.82, 2.24) is 15.3 Å². The number of methoxy groups -OCH3 is 1. The van der Waals surface area contributed by atoms with Crippen molar-refractivity contribution in [2.45, 2.75) is 25.3 Å². The molecule has 1 atom stereocenters. The quantitative estimate of drug-likeness (QED) is 0.879. The van der Waals surface area contributed by atoms with E-state index in [4.69, 9.17) is 4.74 Å². The van der Waals surface area contributed by atoms with Gasteiger partial charge in [-0.1, -0.05) is 24.3 Å². The van der Waals surface area contributed by atoms with Crippen molar-refractivity contribution in [3.8, 4) is 11.3 Å². The van der Waals surface area contributed by atoms with Crippen molar-refractivity contribution in [2.24, 2.45) is 0 Å². The van der Waals surface area contributed by atoms with Crippen LogP contribution in [0.1, 0.15) is 30.3 Å². The molecule has 2 aromatic rings. The van der Waals surface area contributed by atoms with Crippen LogP contribution in [0.3, 0.4) is 0 Å². The van der Waals surface area contributed by atoms with E-state index < -0.39 is 0 Å². The number of hydrogen-bond acceptors (Lipinski definition) is 3. The van der Waals surface area contributed by atoms with E-state index in [0.29, 0.717) is 6.04 Å². The van der Waals surface area contributed by atoms with Crippen molar-refractivity contribution in [3.63, 3.8) is 0 Å². The minimum atomic E-state index is 0.393. The predicted molar refractivity (Wildman–Crippen MR) is 79.6 cm³/mol. The molecule has 2 heterocycles. The number of imidazole rings is 1. The highest BCUT2D eigenvalue weighted by Gasteiger charge is 2.19. The zero-order chi connectivity index (χ0) is 13.8. The number of nitrogens with zero attached hydrogens (tertiary/aromatic N) is 1. The van der Waals surface area contributed by atoms with E-state index in [2.05, 4.69) is 39.6 Å². The fourth-order valence-electron chi connectivity index (χ4n) is 2.65. The van der Waals surface area contributed by atoms with Crippen molar-refractivity contribution in [3.05, 3.63) is 41.9 Å². The third kappa shape index (κ3) is 2.92. The van der Waals surface area contributed by atoms with E-state index in [1.165, 1.54) is 24.0 Å². The van der Waals surface area contributed by atoms with Crippen LogP contribution in [0.4, 0.5) is 0 Å². The summed E-state index contributed by atoms with van der Waals surface area (Å²) in [4.78, 5) is 7.94. The van der Waals surface area contributed by atoms with Crippen molar-refractivity contribution >= 4 is 0 Å². The molecule has 0 spiro atoms. The van der Waals surface area contributed by atoms with Gasteiger partial charge in [0.05, 0.1) is 24.5 Å². The van der Waals surface area contributed by atoms with Crippen molar-refractivity contribution in [2.75, 3.05) is 20.3 Å². The van der Waals surface area contributed by atoms with Crippen LogP contribution in [0.2, 0.25) is 0 Å². The molecule has 1 aromatic carbocycles. The molecule has 0 aliphatic carbocycles. The minimum Gasteiger partial charge on any atom is -0.384 e. The lowest BCUT2D eigenvalue weighted by molar-refractivity contribution is 0.202. The van der Waals surface area contributed by atoms with Gasteiger partial charge in [0.25, 0.3) is 0 Å². The Balaban J connectivity index is 1.72. The van der Waals surface area contributed by atoms with Gasteiger partial charge in [-0.3, -0.25) is 0 Å². The highest BCUT2D eigenvalue weighted by atomic mass is 16.5. The summed E-state index contributed by atoms with van der Waals surface area (Å²) in [6, 6.07) is 8.99. The summed E-state index contributed by atoms with van der Waals surface area (Å²) in [5.74, 6) is 1.06. The van der Waals surface area contributed by atoms with Crippen LogP contribution in [0, 0.1) is 0 Å². The Morgan fingerprint density at radius 2 is 2.15 bits per heavy atom. The lowest BCUT2D eigenvalue weighted by atomic mass is 10.1.